The van der Waals surface area contributed by atoms with Crippen molar-refractivity contribution in [2.45, 2.75) is 45.3 Å². The van der Waals surface area contributed by atoms with E-state index in [-0.39, 0.29) is 12.5 Å². The summed E-state index contributed by atoms with van der Waals surface area (Å²) in [7, 11) is 0. The van der Waals surface area contributed by atoms with Gasteiger partial charge in [-0.25, -0.2) is 0 Å². The van der Waals surface area contributed by atoms with Gasteiger partial charge in [0.05, 0.1) is 11.6 Å². The van der Waals surface area contributed by atoms with Crippen LogP contribution < -0.4 is 11.1 Å². The van der Waals surface area contributed by atoms with E-state index >= 15 is 0 Å². The Morgan fingerprint density at radius 1 is 1.62 bits per heavy atom. The van der Waals surface area contributed by atoms with Crippen LogP contribution >= 0.6 is 0 Å². The van der Waals surface area contributed by atoms with Gasteiger partial charge in [0.25, 0.3) is 0 Å². The van der Waals surface area contributed by atoms with E-state index in [1.807, 2.05) is 13.8 Å². The molecule has 0 spiro atoms. The zero-order valence-electron chi connectivity index (χ0n) is 10.5. The third-order valence-electron chi connectivity index (χ3n) is 2.25. The van der Waals surface area contributed by atoms with Gasteiger partial charge in [0.15, 0.2) is 0 Å². The molecule has 0 rings (SSSR count). The molecule has 0 aromatic heterocycles. The minimum Gasteiger partial charge on any atom is -0.388 e. The molecule has 0 saturated heterocycles. The minimum atomic E-state index is -0.877. The average Bonchev–Trinajstić information content (AvgIpc) is 2.12. The molecular formula is C12H24N2O2. The molecule has 0 heterocycles. The molecule has 94 valence electrons. The third kappa shape index (κ3) is 6.58. The van der Waals surface area contributed by atoms with Crippen molar-refractivity contribution < 1.29 is 9.90 Å². The molecule has 16 heavy (non-hydrogen) atoms. The topological polar surface area (TPSA) is 75.4 Å². The largest absolute Gasteiger partial charge is 0.388 e. The van der Waals surface area contributed by atoms with E-state index in [1.165, 1.54) is 0 Å². The third-order valence-corrected chi connectivity index (χ3v) is 2.25. The van der Waals surface area contributed by atoms with Crippen LogP contribution in [0.25, 0.3) is 0 Å². The van der Waals surface area contributed by atoms with E-state index in [4.69, 9.17) is 5.73 Å². The van der Waals surface area contributed by atoms with E-state index in [0.717, 1.165) is 0 Å². The number of aliphatic hydroxyl groups is 1. The van der Waals surface area contributed by atoms with E-state index < -0.39 is 11.6 Å². The zero-order valence-corrected chi connectivity index (χ0v) is 10.5. The molecule has 0 aromatic rings. The van der Waals surface area contributed by atoms with Crippen molar-refractivity contribution in [3.8, 4) is 0 Å². The van der Waals surface area contributed by atoms with Crippen molar-refractivity contribution in [2.24, 2.45) is 11.7 Å². The van der Waals surface area contributed by atoms with Gasteiger partial charge in [0, 0.05) is 6.54 Å². The molecule has 0 fully saturated rings. The number of rotatable bonds is 7. The van der Waals surface area contributed by atoms with Gasteiger partial charge in [0.2, 0.25) is 5.91 Å². The maximum absolute atomic E-state index is 11.5. The fourth-order valence-corrected chi connectivity index (χ4v) is 1.65. The van der Waals surface area contributed by atoms with E-state index in [2.05, 4.69) is 11.9 Å². The highest BCUT2D eigenvalue weighted by atomic mass is 16.3. The first-order chi connectivity index (χ1) is 7.28. The zero-order chi connectivity index (χ0) is 12.8. The van der Waals surface area contributed by atoms with Crippen LogP contribution in [-0.4, -0.2) is 29.2 Å². The highest BCUT2D eigenvalue weighted by molar-refractivity contribution is 5.81. The number of carbonyl (C=O) groups is 1. The molecule has 0 bridgehead atoms. The number of carbonyl (C=O) groups excluding carboxylic acids is 1. The Morgan fingerprint density at radius 3 is 2.62 bits per heavy atom. The normalized spacial score (nSPS) is 16.6. The number of nitrogens with one attached hydrogen (secondary N) is 1. The maximum Gasteiger partial charge on any atom is 0.237 e. The molecule has 0 aliphatic heterocycles. The van der Waals surface area contributed by atoms with Crippen molar-refractivity contribution in [1.29, 1.82) is 0 Å². The summed E-state index contributed by atoms with van der Waals surface area (Å²) >= 11 is 0. The van der Waals surface area contributed by atoms with Crippen LogP contribution in [0.3, 0.4) is 0 Å². The molecule has 4 N–H and O–H groups in total. The van der Waals surface area contributed by atoms with Gasteiger partial charge in [-0.15, -0.1) is 6.58 Å². The fourth-order valence-electron chi connectivity index (χ4n) is 1.65. The Bertz CT molecular complexity index is 237. The Hall–Kier alpha value is -0.870. The second kappa shape index (κ2) is 6.66. The van der Waals surface area contributed by atoms with Crippen LogP contribution in [0.2, 0.25) is 0 Å². The number of nitrogens with two attached hydrogens (primary N) is 1. The van der Waals surface area contributed by atoms with Gasteiger partial charge in [-0.1, -0.05) is 19.9 Å². The quantitative estimate of drug-likeness (QED) is 0.564. The molecule has 4 nitrogen and oxygen atoms in total. The molecule has 4 heteroatoms. The molecule has 0 aromatic carbocycles. The maximum atomic E-state index is 11.5. The van der Waals surface area contributed by atoms with Crippen LogP contribution in [0.15, 0.2) is 12.7 Å². The number of amides is 1. The van der Waals surface area contributed by atoms with Gasteiger partial charge in [-0.3, -0.25) is 4.79 Å². The highest BCUT2D eigenvalue weighted by Gasteiger charge is 2.23. The first-order valence-electron chi connectivity index (χ1n) is 5.65. The summed E-state index contributed by atoms with van der Waals surface area (Å²) in [5.41, 5.74) is 4.72. The predicted octanol–water partition coefficient (Wildman–Crippen LogP) is 0.803. The van der Waals surface area contributed by atoms with Crippen LogP contribution in [0, 0.1) is 5.92 Å². The lowest BCUT2D eigenvalue weighted by Crippen LogP contribution is -2.47. The molecule has 0 radical (unpaired) electrons. The Morgan fingerprint density at radius 2 is 2.19 bits per heavy atom. The van der Waals surface area contributed by atoms with Crippen LogP contribution in [0.5, 0.6) is 0 Å². The lowest BCUT2D eigenvalue weighted by atomic mass is 9.94. The van der Waals surface area contributed by atoms with E-state index in [9.17, 15) is 9.90 Å². The van der Waals surface area contributed by atoms with Crippen molar-refractivity contribution in [2.75, 3.05) is 6.54 Å². The second-order valence-corrected chi connectivity index (χ2v) is 4.94. The van der Waals surface area contributed by atoms with Crippen molar-refractivity contribution in [3.05, 3.63) is 12.7 Å². The molecule has 0 saturated carbocycles. The Kier molecular flexibility index (Phi) is 6.29. The summed E-state index contributed by atoms with van der Waals surface area (Å²) in [6.07, 6.45) is 2.69. The molecule has 1 amide bonds. The van der Waals surface area contributed by atoms with Gasteiger partial charge >= 0.3 is 0 Å². The summed E-state index contributed by atoms with van der Waals surface area (Å²) in [5, 5.41) is 12.6. The molecule has 2 atom stereocenters. The lowest BCUT2D eigenvalue weighted by molar-refractivity contribution is -0.123. The van der Waals surface area contributed by atoms with Gasteiger partial charge < -0.3 is 16.2 Å². The van der Waals surface area contributed by atoms with Crippen molar-refractivity contribution >= 4 is 5.91 Å². The van der Waals surface area contributed by atoms with Crippen molar-refractivity contribution in [1.82, 2.24) is 5.32 Å². The summed E-state index contributed by atoms with van der Waals surface area (Å²) in [5.74, 6) is 0.137. The molecule has 0 aliphatic carbocycles. The first-order valence-corrected chi connectivity index (χ1v) is 5.65. The van der Waals surface area contributed by atoms with Gasteiger partial charge in [-0.2, -0.15) is 0 Å². The number of hydrogen-bond acceptors (Lipinski definition) is 3. The summed E-state index contributed by atoms with van der Waals surface area (Å²) in [4.78, 5) is 11.5. The summed E-state index contributed by atoms with van der Waals surface area (Å²) < 4.78 is 0. The highest BCUT2D eigenvalue weighted by Crippen LogP contribution is 2.14. The lowest BCUT2D eigenvalue weighted by Gasteiger charge is -2.26. The monoisotopic (exact) mass is 228 g/mol. The standard InChI is InChI=1S/C12H24N2O2/c1-5-6-10(13)11(15)14-8-12(4,16)7-9(2)3/h5,9-10,16H,1,6-8,13H2,2-4H3,(H,14,15). The molecular weight excluding hydrogens is 204 g/mol. The van der Waals surface area contributed by atoms with E-state index in [1.54, 1.807) is 13.0 Å². The van der Waals surface area contributed by atoms with Crippen molar-refractivity contribution in [3.63, 3.8) is 0 Å². The SMILES string of the molecule is C=CCC(N)C(=O)NCC(C)(O)CC(C)C. The molecule has 0 aliphatic rings. The summed E-state index contributed by atoms with van der Waals surface area (Å²) in [6.45, 7) is 9.52. The number of hydrogen-bond donors (Lipinski definition) is 3. The fraction of sp³-hybridized carbons (Fsp3) is 0.750. The minimum absolute atomic E-state index is 0.231. The Balaban J connectivity index is 4.03. The van der Waals surface area contributed by atoms with Crippen LogP contribution in [0.1, 0.15) is 33.6 Å². The first kappa shape index (κ1) is 15.1. The van der Waals surface area contributed by atoms with E-state index in [0.29, 0.717) is 18.8 Å². The van der Waals surface area contributed by atoms with Crippen LogP contribution in [-0.2, 0) is 4.79 Å². The molecule has 2 unspecified atom stereocenters. The second-order valence-electron chi connectivity index (χ2n) is 4.94. The predicted molar refractivity (Wildman–Crippen MR) is 65.9 cm³/mol. The smallest absolute Gasteiger partial charge is 0.237 e. The van der Waals surface area contributed by atoms with Gasteiger partial charge in [0.1, 0.15) is 0 Å². The van der Waals surface area contributed by atoms with Crippen LogP contribution in [0.4, 0.5) is 0 Å². The average molecular weight is 228 g/mol. The van der Waals surface area contributed by atoms with Gasteiger partial charge in [-0.05, 0) is 25.7 Å². The summed E-state index contributed by atoms with van der Waals surface area (Å²) in [6, 6.07) is -0.577. The Labute approximate surface area is 97.9 Å².